The lowest BCUT2D eigenvalue weighted by Gasteiger charge is -2.06. The van der Waals surface area contributed by atoms with Crippen LogP contribution in [0.2, 0.25) is 0 Å². The molecule has 1 heterocycles. The summed E-state index contributed by atoms with van der Waals surface area (Å²) in [5.41, 5.74) is 0.142. The summed E-state index contributed by atoms with van der Waals surface area (Å²) in [6, 6.07) is 3.62. The van der Waals surface area contributed by atoms with Gasteiger partial charge in [0.15, 0.2) is 0 Å². The zero-order chi connectivity index (χ0) is 9.52. The Hall–Kier alpha value is -1.13. The van der Waals surface area contributed by atoms with Crippen LogP contribution in [0.15, 0.2) is 11.8 Å². The van der Waals surface area contributed by atoms with Crippen molar-refractivity contribution in [1.29, 1.82) is 10.5 Å². The third kappa shape index (κ3) is 3.40. The monoisotopic (exact) mass is 193 g/mol. The molecular weight excluding hydrogens is 182 g/mol. The highest BCUT2D eigenvalue weighted by atomic mass is 32.2. The molecule has 1 unspecified atom stereocenters. The summed E-state index contributed by atoms with van der Waals surface area (Å²) >= 11 is 1.95. The molecule has 13 heavy (non-hydrogen) atoms. The molecule has 1 rings (SSSR count). The Balaban J connectivity index is 2.23. The van der Waals surface area contributed by atoms with Gasteiger partial charge in [0.05, 0.1) is 0 Å². The van der Waals surface area contributed by atoms with E-state index < -0.39 is 0 Å². The molecule has 68 valence electrons. The summed E-state index contributed by atoms with van der Waals surface area (Å²) in [4.78, 5) is 0. The van der Waals surface area contributed by atoms with Crippen LogP contribution in [0.4, 0.5) is 0 Å². The first-order valence-corrected chi connectivity index (χ1v) is 5.27. The third-order valence-corrected chi connectivity index (χ3v) is 3.25. The van der Waals surface area contributed by atoms with Crippen LogP contribution in [0, 0.1) is 22.7 Å². The van der Waals surface area contributed by atoms with Crippen molar-refractivity contribution in [2.24, 2.45) is 0 Å². The number of nitrogens with zero attached hydrogens (tertiary/aromatic N) is 2. The first-order chi connectivity index (χ1) is 6.36. The molecule has 1 atom stereocenters. The Kier molecular flexibility index (Phi) is 4.21. The second-order valence-electron chi connectivity index (χ2n) is 2.82. The van der Waals surface area contributed by atoms with Crippen LogP contribution in [-0.4, -0.2) is 17.5 Å². The first kappa shape index (κ1) is 9.95. The van der Waals surface area contributed by atoms with Gasteiger partial charge in [0.25, 0.3) is 0 Å². The second-order valence-corrected chi connectivity index (χ2v) is 4.23. The topological polar surface area (TPSA) is 59.6 Å². The van der Waals surface area contributed by atoms with Crippen LogP contribution >= 0.6 is 11.8 Å². The lowest BCUT2D eigenvalue weighted by Crippen LogP contribution is -2.18. The van der Waals surface area contributed by atoms with Crippen LogP contribution in [0.3, 0.4) is 0 Å². The van der Waals surface area contributed by atoms with Gasteiger partial charge in [-0.25, -0.2) is 0 Å². The van der Waals surface area contributed by atoms with Crippen LogP contribution in [0.1, 0.15) is 12.8 Å². The van der Waals surface area contributed by atoms with Gasteiger partial charge in [0.1, 0.15) is 17.7 Å². The van der Waals surface area contributed by atoms with E-state index in [-0.39, 0.29) is 5.57 Å². The van der Waals surface area contributed by atoms with E-state index in [0.717, 1.165) is 6.54 Å². The highest BCUT2D eigenvalue weighted by molar-refractivity contribution is 8.00. The van der Waals surface area contributed by atoms with Gasteiger partial charge in [0, 0.05) is 18.0 Å². The standard InChI is InChI=1S/C9H11N3S/c10-4-8(5-11)6-12-7-9-2-1-3-13-9/h6,9,12H,1-3,7H2. The summed E-state index contributed by atoms with van der Waals surface area (Å²) in [7, 11) is 0. The van der Waals surface area contributed by atoms with Crippen molar-refractivity contribution in [3.8, 4) is 12.1 Å². The minimum atomic E-state index is 0.142. The molecule has 0 aromatic rings. The fourth-order valence-corrected chi connectivity index (χ4v) is 2.40. The van der Waals surface area contributed by atoms with Gasteiger partial charge in [-0.3, -0.25) is 0 Å². The Morgan fingerprint density at radius 2 is 2.31 bits per heavy atom. The van der Waals surface area contributed by atoms with Gasteiger partial charge in [0.2, 0.25) is 0 Å². The smallest absolute Gasteiger partial charge is 0.145 e. The summed E-state index contributed by atoms with van der Waals surface area (Å²) in [5, 5.41) is 20.5. The van der Waals surface area contributed by atoms with Gasteiger partial charge >= 0.3 is 0 Å². The van der Waals surface area contributed by atoms with E-state index in [4.69, 9.17) is 10.5 Å². The highest BCUT2D eigenvalue weighted by Crippen LogP contribution is 2.25. The Morgan fingerprint density at radius 3 is 2.85 bits per heavy atom. The highest BCUT2D eigenvalue weighted by Gasteiger charge is 2.13. The number of thioether (sulfide) groups is 1. The summed E-state index contributed by atoms with van der Waals surface area (Å²) in [5.74, 6) is 1.24. The first-order valence-electron chi connectivity index (χ1n) is 4.22. The molecule has 4 heteroatoms. The Morgan fingerprint density at radius 1 is 1.54 bits per heavy atom. The van der Waals surface area contributed by atoms with Gasteiger partial charge in [-0.1, -0.05) is 0 Å². The summed E-state index contributed by atoms with van der Waals surface area (Å²) < 4.78 is 0. The number of nitrogens with one attached hydrogen (secondary N) is 1. The predicted molar refractivity (Wildman–Crippen MR) is 52.8 cm³/mol. The third-order valence-electron chi connectivity index (χ3n) is 1.86. The maximum Gasteiger partial charge on any atom is 0.145 e. The largest absolute Gasteiger partial charge is 0.388 e. The predicted octanol–water partition coefficient (Wildman–Crippen LogP) is 1.40. The number of nitriles is 2. The van der Waals surface area contributed by atoms with Crippen LogP contribution in [0.5, 0.6) is 0 Å². The van der Waals surface area contributed by atoms with Crippen molar-refractivity contribution in [2.75, 3.05) is 12.3 Å². The zero-order valence-corrected chi connectivity index (χ0v) is 8.10. The number of hydrogen-bond acceptors (Lipinski definition) is 4. The molecule has 0 aromatic carbocycles. The molecule has 3 nitrogen and oxygen atoms in total. The molecule has 1 fully saturated rings. The molecule has 0 saturated carbocycles. The maximum atomic E-state index is 8.43. The fourth-order valence-electron chi connectivity index (χ4n) is 1.19. The molecule has 0 radical (unpaired) electrons. The molecule has 1 N–H and O–H groups in total. The lowest BCUT2D eigenvalue weighted by molar-refractivity contribution is 0.730. The number of hydrogen-bond donors (Lipinski definition) is 1. The number of rotatable bonds is 3. The van der Waals surface area contributed by atoms with Crippen LogP contribution < -0.4 is 5.32 Å². The lowest BCUT2D eigenvalue weighted by atomic mass is 10.2. The average Bonchev–Trinajstić information content (AvgIpc) is 2.65. The van der Waals surface area contributed by atoms with Gasteiger partial charge in [-0.15, -0.1) is 0 Å². The molecule has 1 aliphatic heterocycles. The van der Waals surface area contributed by atoms with Gasteiger partial charge < -0.3 is 5.32 Å². The summed E-state index contributed by atoms with van der Waals surface area (Å²) in [6.45, 7) is 0.859. The van der Waals surface area contributed by atoms with Crippen LogP contribution in [0.25, 0.3) is 0 Å². The zero-order valence-electron chi connectivity index (χ0n) is 7.29. The van der Waals surface area contributed by atoms with E-state index in [9.17, 15) is 0 Å². The van der Waals surface area contributed by atoms with Crippen molar-refractivity contribution < 1.29 is 0 Å². The minimum absolute atomic E-state index is 0.142. The normalized spacial score (nSPS) is 20.0. The quantitative estimate of drug-likeness (QED) is 0.688. The minimum Gasteiger partial charge on any atom is -0.388 e. The molecule has 0 bridgehead atoms. The van der Waals surface area contributed by atoms with Crippen LogP contribution in [-0.2, 0) is 0 Å². The van der Waals surface area contributed by atoms with E-state index in [0.29, 0.717) is 5.25 Å². The van der Waals surface area contributed by atoms with E-state index in [2.05, 4.69) is 5.32 Å². The fraction of sp³-hybridized carbons (Fsp3) is 0.556. The molecule has 0 spiro atoms. The van der Waals surface area contributed by atoms with Crippen molar-refractivity contribution in [1.82, 2.24) is 5.32 Å². The number of allylic oxidation sites excluding steroid dienone is 1. The molecular formula is C9H11N3S. The molecule has 0 amide bonds. The van der Waals surface area contributed by atoms with E-state index in [1.54, 1.807) is 0 Å². The van der Waals surface area contributed by atoms with E-state index in [1.165, 1.54) is 24.8 Å². The summed E-state index contributed by atoms with van der Waals surface area (Å²) in [6.07, 6.45) is 4.02. The van der Waals surface area contributed by atoms with Crippen molar-refractivity contribution in [3.05, 3.63) is 11.8 Å². The van der Waals surface area contributed by atoms with Crippen molar-refractivity contribution in [3.63, 3.8) is 0 Å². The Labute approximate surface area is 82.4 Å². The average molecular weight is 193 g/mol. The molecule has 0 aliphatic carbocycles. The van der Waals surface area contributed by atoms with E-state index in [1.807, 2.05) is 23.9 Å². The van der Waals surface area contributed by atoms with Crippen molar-refractivity contribution in [2.45, 2.75) is 18.1 Å². The van der Waals surface area contributed by atoms with Gasteiger partial charge in [-0.05, 0) is 18.6 Å². The second kappa shape index (κ2) is 5.50. The van der Waals surface area contributed by atoms with Crippen molar-refractivity contribution >= 4 is 11.8 Å². The molecule has 1 saturated heterocycles. The van der Waals surface area contributed by atoms with Gasteiger partial charge in [-0.2, -0.15) is 22.3 Å². The SMILES string of the molecule is N#CC(C#N)=CNCC1CCCS1. The Bertz CT molecular complexity index is 250. The molecule has 0 aromatic heterocycles. The molecule has 1 aliphatic rings. The maximum absolute atomic E-state index is 8.43. The van der Waals surface area contributed by atoms with E-state index >= 15 is 0 Å².